The van der Waals surface area contributed by atoms with Gasteiger partial charge in [-0.1, -0.05) is 13.0 Å². The van der Waals surface area contributed by atoms with E-state index in [0.717, 1.165) is 25.0 Å². The lowest BCUT2D eigenvalue weighted by atomic mass is 9.80. The van der Waals surface area contributed by atoms with E-state index in [1.807, 2.05) is 6.92 Å². The number of carbonyl (C=O) groups is 1. The van der Waals surface area contributed by atoms with E-state index in [1.54, 1.807) is 6.07 Å². The number of halogens is 4. The fourth-order valence-electron chi connectivity index (χ4n) is 3.71. The maximum Gasteiger partial charge on any atom is 0.419 e. The smallest absolute Gasteiger partial charge is 0.304 e. The molecule has 1 fully saturated rings. The number of hydrogen-bond acceptors (Lipinski definition) is 5. The molecule has 0 saturated heterocycles. The number of hydrogen-bond donors (Lipinski definition) is 1. The molecule has 0 bridgehead atoms. The summed E-state index contributed by atoms with van der Waals surface area (Å²) in [5, 5.41) is 0. The molecule has 0 radical (unpaired) electrons. The predicted molar refractivity (Wildman–Crippen MR) is 106 cm³/mol. The molecule has 1 saturated carbocycles. The van der Waals surface area contributed by atoms with Gasteiger partial charge >= 0.3 is 6.18 Å². The van der Waals surface area contributed by atoms with Crippen molar-refractivity contribution >= 4 is 5.78 Å². The van der Waals surface area contributed by atoms with Crippen LogP contribution in [0.25, 0.3) is 11.6 Å². The van der Waals surface area contributed by atoms with Crippen LogP contribution in [0.4, 0.5) is 17.6 Å². The summed E-state index contributed by atoms with van der Waals surface area (Å²) in [6.45, 7) is 1.90. The Morgan fingerprint density at radius 1 is 1.19 bits per heavy atom. The second-order valence-corrected chi connectivity index (χ2v) is 8.12. The summed E-state index contributed by atoms with van der Waals surface area (Å²) in [5.41, 5.74) is -2.08. The average Bonchev–Trinajstić information content (AvgIpc) is 3.49. The van der Waals surface area contributed by atoms with Gasteiger partial charge in [-0.25, -0.2) is 19.3 Å². The number of aromatic nitrogens is 4. The molecule has 6 nitrogen and oxygen atoms in total. The number of alkyl halides is 3. The van der Waals surface area contributed by atoms with Gasteiger partial charge in [0.25, 0.3) is 5.56 Å². The second-order valence-electron chi connectivity index (χ2n) is 8.12. The van der Waals surface area contributed by atoms with E-state index in [1.165, 1.54) is 18.5 Å². The second kappa shape index (κ2) is 7.92. The molecule has 3 aromatic rings. The minimum absolute atomic E-state index is 0.0243. The normalized spacial score (nSPS) is 15.9. The number of H-pyrrole nitrogens is 1. The number of nitrogens with zero attached hydrogens (tertiary/aromatic N) is 3. The Kier molecular flexibility index (Phi) is 5.39. The van der Waals surface area contributed by atoms with Crippen LogP contribution in [0.2, 0.25) is 0 Å². The Hall–Kier alpha value is -3.43. The molecule has 1 aliphatic carbocycles. The lowest BCUT2D eigenvalue weighted by Crippen LogP contribution is -2.20. The first-order valence-corrected chi connectivity index (χ1v) is 9.85. The van der Waals surface area contributed by atoms with E-state index in [0.29, 0.717) is 11.6 Å². The third kappa shape index (κ3) is 4.44. The van der Waals surface area contributed by atoms with E-state index in [2.05, 4.69) is 19.9 Å². The van der Waals surface area contributed by atoms with Gasteiger partial charge in [0.2, 0.25) is 0 Å². The summed E-state index contributed by atoms with van der Waals surface area (Å²) in [6, 6.07) is 5.39. The summed E-state index contributed by atoms with van der Waals surface area (Å²) >= 11 is 0. The highest BCUT2D eigenvalue weighted by atomic mass is 19.4. The lowest BCUT2D eigenvalue weighted by molar-refractivity contribution is -0.140. The lowest BCUT2D eigenvalue weighted by Gasteiger charge is -2.24. The van der Waals surface area contributed by atoms with Crippen molar-refractivity contribution in [2.24, 2.45) is 5.41 Å². The molecular formula is C22H18F4N4O2. The van der Waals surface area contributed by atoms with Crippen LogP contribution >= 0.6 is 0 Å². The number of nitrogens with one attached hydrogen (secondary N) is 1. The molecule has 4 rings (SSSR count). The van der Waals surface area contributed by atoms with E-state index < -0.39 is 34.8 Å². The number of ketones is 1. The van der Waals surface area contributed by atoms with Crippen molar-refractivity contribution < 1.29 is 22.4 Å². The van der Waals surface area contributed by atoms with E-state index >= 15 is 0 Å². The molecule has 2 heterocycles. The van der Waals surface area contributed by atoms with Crippen molar-refractivity contribution in [1.82, 2.24) is 19.9 Å². The van der Waals surface area contributed by atoms with Crippen molar-refractivity contribution in [1.29, 1.82) is 0 Å². The van der Waals surface area contributed by atoms with Crippen molar-refractivity contribution in [3.63, 3.8) is 0 Å². The molecule has 0 spiro atoms. The predicted octanol–water partition coefficient (Wildman–Crippen LogP) is 4.54. The highest BCUT2D eigenvalue weighted by Gasteiger charge is 2.46. The van der Waals surface area contributed by atoms with Crippen LogP contribution in [0.15, 0.2) is 47.5 Å². The Bertz CT molecular complexity index is 1220. The van der Waals surface area contributed by atoms with E-state index in [4.69, 9.17) is 0 Å². The van der Waals surface area contributed by atoms with Crippen LogP contribution in [-0.2, 0) is 6.18 Å². The number of rotatable bonds is 6. The van der Waals surface area contributed by atoms with Crippen molar-refractivity contribution in [3.05, 3.63) is 75.7 Å². The molecule has 1 N–H and O–H groups in total. The van der Waals surface area contributed by atoms with Gasteiger partial charge in [0.15, 0.2) is 17.4 Å². The minimum atomic E-state index is -4.80. The van der Waals surface area contributed by atoms with Crippen LogP contribution in [0.1, 0.15) is 53.7 Å². The standard InChI is InChI=1S/C22H18F4N4O2/c1-21(5-6-21)14(12-3-4-13(15(23)9-12)22(24,25)26)10-17(31)16-11-18(32)30-20(29-16)19-27-7-2-8-28-19/h2-4,7-9,11,14H,5-6,10H2,1H3,(H,29,30,32)/t14-/m0/s1. The van der Waals surface area contributed by atoms with Gasteiger partial charge in [0.05, 0.1) is 5.56 Å². The zero-order valence-electron chi connectivity index (χ0n) is 16.9. The third-order valence-electron chi connectivity index (χ3n) is 5.78. The van der Waals surface area contributed by atoms with Gasteiger partial charge in [-0.3, -0.25) is 9.59 Å². The molecule has 0 amide bonds. The number of benzene rings is 1. The third-order valence-corrected chi connectivity index (χ3v) is 5.78. The maximum atomic E-state index is 14.2. The largest absolute Gasteiger partial charge is 0.419 e. The monoisotopic (exact) mass is 446 g/mol. The molecule has 1 aromatic carbocycles. The van der Waals surface area contributed by atoms with Crippen LogP contribution in [-0.4, -0.2) is 25.7 Å². The molecule has 0 unspecified atom stereocenters. The van der Waals surface area contributed by atoms with Crippen LogP contribution < -0.4 is 5.56 Å². The molecule has 166 valence electrons. The van der Waals surface area contributed by atoms with Crippen LogP contribution in [0.5, 0.6) is 0 Å². The van der Waals surface area contributed by atoms with Gasteiger partial charge in [-0.2, -0.15) is 13.2 Å². The van der Waals surface area contributed by atoms with Gasteiger partial charge < -0.3 is 4.98 Å². The van der Waals surface area contributed by atoms with E-state index in [9.17, 15) is 27.2 Å². The van der Waals surface area contributed by atoms with Crippen molar-refractivity contribution in [2.45, 2.75) is 38.3 Å². The first kappa shape index (κ1) is 21.8. The topological polar surface area (TPSA) is 88.6 Å². The molecule has 0 aliphatic heterocycles. The summed E-state index contributed by atoms with van der Waals surface area (Å²) in [6.07, 6.45) is -0.520. The van der Waals surface area contributed by atoms with Gasteiger partial charge in [-0.05, 0) is 47.9 Å². The van der Waals surface area contributed by atoms with Crippen LogP contribution in [0, 0.1) is 11.2 Å². The minimum Gasteiger partial charge on any atom is -0.304 e. The Balaban J connectivity index is 1.65. The fourth-order valence-corrected chi connectivity index (χ4v) is 3.71. The average molecular weight is 446 g/mol. The Morgan fingerprint density at radius 3 is 2.47 bits per heavy atom. The summed E-state index contributed by atoms with van der Waals surface area (Å²) in [7, 11) is 0. The van der Waals surface area contributed by atoms with Crippen molar-refractivity contribution in [3.8, 4) is 11.6 Å². The number of aromatic amines is 1. The zero-order valence-corrected chi connectivity index (χ0v) is 16.9. The number of Topliss-reactive ketones (excluding diaryl/α,β-unsaturated/α-hetero) is 1. The first-order valence-electron chi connectivity index (χ1n) is 9.85. The highest BCUT2D eigenvalue weighted by molar-refractivity contribution is 5.95. The maximum absolute atomic E-state index is 14.2. The molecule has 1 atom stereocenters. The SMILES string of the molecule is CC1([C@@H](CC(=O)c2cc(=O)[nH]c(-c3ncccn3)n2)c2ccc(C(F)(F)F)c(F)c2)CC1. The quantitative estimate of drug-likeness (QED) is 0.444. The summed E-state index contributed by atoms with van der Waals surface area (Å²) in [4.78, 5) is 39.7. The van der Waals surface area contributed by atoms with E-state index in [-0.39, 0.29) is 29.2 Å². The van der Waals surface area contributed by atoms with Gasteiger partial charge in [0.1, 0.15) is 11.5 Å². The van der Waals surface area contributed by atoms with Crippen LogP contribution in [0.3, 0.4) is 0 Å². The Labute approximate surface area is 179 Å². The molecule has 2 aromatic heterocycles. The first-order chi connectivity index (χ1) is 15.1. The molecule has 10 heteroatoms. The summed E-state index contributed by atoms with van der Waals surface area (Å²) in [5.74, 6) is -2.23. The number of carbonyl (C=O) groups excluding carboxylic acids is 1. The molecule has 1 aliphatic rings. The van der Waals surface area contributed by atoms with Gasteiger partial charge in [-0.15, -0.1) is 0 Å². The van der Waals surface area contributed by atoms with Crippen molar-refractivity contribution in [2.75, 3.05) is 0 Å². The van der Waals surface area contributed by atoms with Gasteiger partial charge in [0, 0.05) is 24.9 Å². The Morgan fingerprint density at radius 2 is 1.88 bits per heavy atom. The molecule has 32 heavy (non-hydrogen) atoms. The highest BCUT2D eigenvalue weighted by Crippen LogP contribution is 2.57. The fraction of sp³-hybridized carbons (Fsp3) is 0.318. The zero-order chi connectivity index (χ0) is 23.1. The summed E-state index contributed by atoms with van der Waals surface area (Å²) < 4.78 is 53.0. The molecular weight excluding hydrogens is 428 g/mol.